The molecular weight excluding hydrogens is 264 g/mol. The molecule has 3 N–H and O–H groups in total. The summed E-state index contributed by atoms with van der Waals surface area (Å²) in [7, 11) is 1.43. The van der Waals surface area contributed by atoms with Crippen molar-refractivity contribution < 1.29 is 14.5 Å². The second kappa shape index (κ2) is 7.07. The molecule has 20 heavy (non-hydrogen) atoms. The number of amides is 2. The molecule has 0 aliphatic carbocycles. The molecule has 0 aromatic heterocycles. The fourth-order valence-corrected chi connectivity index (χ4v) is 1.60. The predicted octanol–water partition coefficient (Wildman–Crippen LogP) is 0.502. The lowest BCUT2D eigenvalue weighted by Crippen LogP contribution is -2.35. The highest BCUT2D eigenvalue weighted by Gasteiger charge is 2.24. The van der Waals surface area contributed by atoms with Crippen LogP contribution in [0.4, 0.5) is 11.4 Å². The van der Waals surface area contributed by atoms with Gasteiger partial charge in [-0.25, -0.2) is 0 Å². The quantitative estimate of drug-likeness (QED) is 0.519. The zero-order chi connectivity index (χ0) is 15.1. The standard InChI is InChI=1S/C12H16N4O4/c1-3-14-9-6-4-5-8(11(9)16(19)20)12(18)15-7-10(17)13-2/h4-6,14H,3,7H2,1-2H3,(H,13,17)(H,15,18). The Kier molecular flexibility index (Phi) is 5.45. The maximum absolute atomic E-state index is 11.9. The number of hydrogen-bond acceptors (Lipinski definition) is 5. The van der Waals surface area contributed by atoms with E-state index >= 15 is 0 Å². The van der Waals surface area contributed by atoms with Crippen LogP contribution in [-0.4, -0.2) is 36.9 Å². The Bertz CT molecular complexity index is 530. The Labute approximate surface area is 115 Å². The number of hydrogen-bond donors (Lipinski definition) is 3. The van der Waals surface area contributed by atoms with Gasteiger partial charge in [0.15, 0.2) is 0 Å². The fourth-order valence-electron chi connectivity index (χ4n) is 1.60. The summed E-state index contributed by atoms with van der Waals surface area (Å²) in [6.45, 7) is 2.05. The normalized spacial score (nSPS) is 9.70. The zero-order valence-corrected chi connectivity index (χ0v) is 11.2. The first-order chi connectivity index (χ1) is 9.51. The summed E-state index contributed by atoms with van der Waals surface area (Å²) < 4.78 is 0. The molecule has 8 heteroatoms. The van der Waals surface area contributed by atoms with Crippen molar-refractivity contribution in [3.8, 4) is 0 Å². The lowest BCUT2D eigenvalue weighted by molar-refractivity contribution is -0.384. The maximum atomic E-state index is 11.9. The van der Waals surface area contributed by atoms with E-state index in [0.717, 1.165) is 0 Å². The molecule has 0 aliphatic heterocycles. The number of nitro groups is 1. The third-order valence-electron chi connectivity index (χ3n) is 2.52. The van der Waals surface area contributed by atoms with Crippen molar-refractivity contribution >= 4 is 23.2 Å². The van der Waals surface area contributed by atoms with Crippen LogP contribution in [0.15, 0.2) is 18.2 Å². The van der Waals surface area contributed by atoms with Gasteiger partial charge in [0.1, 0.15) is 11.3 Å². The Hall–Kier alpha value is -2.64. The Morgan fingerprint density at radius 2 is 2.05 bits per heavy atom. The number of para-hydroxylation sites is 1. The number of carbonyl (C=O) groups is 2. The molecule has 8 nitrogen and oxygen atoms in total. The van der Waals surface area contributed by atoms with E-state index in [0.29, 0.717) is 6.54 Å². The van der Waals surface area contributed by atoms with Crippen molar-refractivity contribution in [1.82, 2.24) is 10.6 Å². The number of nitrogens with one attached hydrogen (secondary N) is 3. The van der Waals surface area contributed by atoms with Crippen molar-refractivity contribution in [1.29, 1.82) is 0 Å². The molecule has 108 valence electrons. The number of carbonyl (C=O) groups excluding carboxylic acids is 2. The van der Waals surface area contributed by atoms with Crippen molar-refractivity contribution in [2.24, 2.45) is 0 Å². The predicted molar refractivity (Wildman–Crippen MR) is 73.7 cm³/mol. The van der Waals surface area contributed by atoms with E-state index in [2.05, 4.69) is 16.0 Å². The van der Waals surface area contributed by atoms with Gasteiger partial charge in [0.05, 0.1) is 11.5 Å². The smallest absolute Gasteiger partial charge is 0.305 e. The first-order valence-corrected chi connectivity index (χ1v) is 6.01. The van der Waals surface area contributed by atoms with Crippen molar-refractivity contribution in [3.05, 3.63) is 33.9 Å². The fraction of sp³-hybridized carbons (Fsp3) is 0.333. The van der Waals surface area contributed by atoms with Crippen molar-refractivity contribution in [3.63, 3.8) is 0 Å². The summed E-state index contributed by atoms with van der Waals surface area (Å²) in [6.07, 6.45) is 0. The minimum atomic E-state index is -0.667. The summed E-state index contributed by atoms with van der Waals surface area (Å²) in [4.78, 5) is 33.5. The van der Waals surface area contributed by atoms with Crippen molar-refractivity contribution in [2.45, 2.75) is 6.92 Å². The Balaban J connectivity index is 3.04. The summed E-state index contributed by atoms with van der Waals surface area (Å²) in [5, 5.41) is 18.6. The highest BCUT2D eigenvalue weighted by Crippen LogP contribution is 2.28. The SMILES string of the molecule is CCNc1cccc(C(=O)NCC(=O)NC)c1[N+](=O)[O-]. The first kappa shape index (κ1) is 15.4. The number of benzene rings is 1. The summed E-state index contributed by atoms with van der Waals surface area (Å²) in [5.74, 6) is -1.05. The van der Waals surface area contributed by atoms with Gasteiger partial charge in [-0.1, -0.05) is 6.07 Å². The van der Waals surface area contributed by atoms with Gasteiger partial charge >= 0.3 is 5.69 Å². The second-order valence-electron chi connectivity index (χ2n) is 3.85. The molecule has 0 heterocycles. The Morgan fingerprint density at radius 1 is 1.35 bits per heavy atom. The van der Waals surface area contributed by atoms with Crippen LogP contribution in [-0.2, 0) is 4.79 Å². The van der Waals surface area contributed by atoms with Crippen LogP contribution < -0.4 is 16.0 Å². The molecule has 0 atom stereocenters. The summed E-state index contributed by atoms with van der Waals surface area (Å²) >= 11 is 0. The lowest BCUT2D eigenvalue weighted by Gasteiger charge is -2.09. The number of rotatable bonds is 6. The van der Waals surface area contributed by atoms with E-state index < -0.39 is 10.8 Å². The first-order valence-electron chi connectivity index (χ1n) is 6.01. The van der Waals surface area contributed by atoms with Gasteiger partial charge in [0, 0.05) is 13.6 Å². The van der Waals surface area contributed by atoms with E-state index in [1.165, 1.54) is 19.2 Å². The third kappa shape index (κ3) is 3.67. The molecule has 1 rings (SSSR count). The summed E-state index contributed by atoms with van der Waals surface area (Å²) in [5.41, 5.74) is -0.119. The van der Waals surface area contributed by atoms with Gasteiger partial charge in [0.2, 0.25) is 5.91 Å². The van der Waals surface area contributed by atoms with E-state index in [9.17, 15) is 19.7 Å². The molecule has 1 aromatic carbocycles. The highest BCUT2D eigenvalue weighted by molar-refractivity contribution is 6.01. The number of anilines is 1. The molecule has 0 spiro atoms. The molecule has 0 unspecified atom stereocenters. The van der Waals surface area contributed by atoms with Crippen LogP contribution in [0.25, 0.3) is 0 Å². The largest absolute Gasteiger partial charge is 0.380 e. The molecular formula is C12H16N4O4. The van der Waals surface area contributed by atoms with Crippen LogP contribution in [0.2, 0.25) is 0 Å². The van der Waals surface area contributed by atoms with Gasteiger partial charge in [-0.2, -0.15) is 0 Å². The maximum Gasteiger partial charge on any atom is 0.305 e. The van der Waals surface area contributed by atoms with Crippen LogP contribution in [0.5, 0.6) is 0 Å². The number of likely N-dealkylation sites (N-methyl/N-ethyl adjacent to an activating group) is 1. The number of nitro benzene ring substituents is 1. The van der Waals surface area contributed by atoms with Gasteiger partial charge < -0.3 is 16.0 Å². The molecule has 0 bridgehead atoms. The van der Waals surface area contributed by atoms with Crippen molar-refractivity contribution in [2.75, 3.05) is 25.5 Å². The van der Waals surface area contributed by atoms with E-state index in [4.69, 9.17) is 0 Å². The molecule has 0 aliphatic rings. The van der Waals surface area contributed by atoms with Crippen LogP contribution in [0, 0.1) is 10.1 Å². The van der Waals surface area contributed by atoms with Gasteiger partial charge in [-0.05, 0) is 19.1 Å². The third-order valence-corrected chi connectivity index (χ3v) is 2.52. The monoisotopic (exact) mass is 280 g/mol. The zero-order valence-electron chi connectivity index (χ0n) is 11.2. The molecule has 2 amide bonds. The topological polar surface area (TPSA) is 113 Å². The Morgan fingerprint density at radius 3 is 2.60 bits per heavy atom. The number of nitrogens with zero attached hydrogens (tertiary/aromatic N) is 1. The van der Waals surface area contributed by atoms with E-state index in [1.807, 2.05) is 0 Å². The highest BCUT2D eigenvalue weighted by atomic mass is 16.6. The molecule has 1 aromatic rings. The molecule has 0 fully saturated rings. The van der Waals surface area contributed by atoms with Crippen LogP contribution in [0.1, 0.15) is 17.3 Å². The minimum absolute atomic E-state index is 0.0858. The van der Waals surface area contributed by atoms with Crippen LogP contribution in [0.3, 0.4) is 0 Å². The lowest BCUT2D eigenvalue weighted by atomic mass is 10.1. The average molecular weight is 280 g/mol. The second-order valence-corrected chi connectivity index (χ2v) is 3.85. The van der Waals surface area contributed by atoms with E-state index in [-0.39, 0.29) is 29.4 Å². The van der Waals surface area contributed by atoms with Gasteiger partial charge in [-0.3, -0.25) is 19.7 Å². The average Bonchev–Trinajstić information content (AvgIpc) is 2.44. The van der Waals surface area contributed by atoms with Gasteiger partial charge in [-0.15, -0.1) is 0 Å². The molecule has 0 saturated heterocycles. The van der Waals surface area contributed by atoms with Gasteiger partial charge in [0.25, 0.3) is 5.91 Å². The van der Waals surface area contributed by atoms with E-state index in [1.54, 1.807) is 13.0 Å². The summed E-state index contributed by atoms with van der Waals surface area (Å²) in [6, 6.07) is 4.41. The molecule has 0 saturated carbocycles. The van der Waals surface area contributed by atoms with Crippen LogP contribution >= 0.6 is 0 Å². The minimum Gasteiger partial charge on any atom is -0.380 e. The molecule has 0 radical (unpaired) electrons.